The standard InChI is InChI=1S/C15H17FN6O/c16-12(5-17)14(18)21-8-10(9-21)15(23)20-7-11-6-19-13-3-1-2-4-22(11)13/h1-6,10,17H,7-9,18H2,(H,20,23)/b14-12-,17-5?. The molecule has 4 N–H and O–H groups in total. The quantitative estimate of drug-likeness (QED) is 0.704. The highest BCUT2D eigenvalue weighted by Gasteiger charge is 2.34. The topological polar surface area (TPSA) is 99.5 Å². The predicted molar refractivity (Wildman–Crippen MR) is 83.2 cm³/mol. The first-order valence-corrected chi connectivity index (χ1v) is 7.19. The molecule has 2 aromatic rings. The van der Waals surface area contributed by atoms with E-state index in [4.69, 9.17) is 11.1 Å². The van der Waals surface area contributed by atoms with Crippen molar-refractivity contribution in [2.24, 2.45) is 11.7 Å². The van der Waals surface area contributed by atoms with E-state index in [-0.39, 0.29) is 17.6 Å². The van der Waals surface area contributed by atoms with Crippen LogP contribution in [0.4, 0.5) is 4.39 Å². The maximum atomic E-state index is 13.2. The summed E-state index contributed by atoms with van der Waals surface area (Å²) in [6, 6.07) is 5.69. The number of carbonyl (C=O) groups is 1. The number of halogens is 1. The number of nitrogens with one attached hydrogen (secondary N) is 2. The molecule has 0 unspecified atom stereocenters. The minimum atomic E-state index is -0.783. The molecule has 1 aliphatic rings. The van der Waals surface area contributed by atoms with Gasteiger partial charge in [-0.3, -0.25) is 4.79 Å². The number of hydrogen-bond acceptors (Lipinski definition) is 5. The van der Waals surface area contributed by atoms with Crippen molar-refractivity contribution in [1.29, 1.82) is 5.41 Å². The van der Waals surface area contributed by atoms with Crippen LogP contribution in [0.3, 0.4) is 0 Å². The highest BCUT2D eigenvalue weighted by atomic mass is 19.1. The Morgan fingerprint density at radius 3 is 3.04 bits per heavy atom. The molecule has 0 aromatic carbocycles. The highest BCUT2D eigenvalue weighted by Crippen LogP contribution is 2.20. The number of pyridine rings is 1. The van der Waals surface area contributed by atoms with Crippen LogP contribution < -0.4 is 11.1 Å². The van der Waals surface area contributed by atoms with Gasteiger partial charge in [-0.1, -0.05) is 6.07 Å². The average molecular weight is 316 g/mol. The van der Waals surface area contributed by atoms with Gasteiger partial charge in [-0.05, 0) is 12.1 Å². The molecule has 0 atom stereocenters. The second kappa shape index (κ2) is 6.07. The van der Waals surface area contributed by atoms with Gasteiger partial charge in [0, 0.05) is 19.3 Å². The summed E-state index contributed by atoms with van der Waals surface area (Å²) in [5.74, 6) is -1.21. The van der Waals surface area contributed by atoms with Crippen LogP contribution in [-0.2, 0) is 11.3 Å². The molecule has 0 aliphatic carbocycles. The van der Waals surface area contributed by atoms with Crippen molar-refractivity contribution in [1.82, 2.24) is 19.6 Å². The van der Waals surface area contributed by atoms with Crippen LogP contribution in [0.1, 0.15) is 5.69 Å². The lowest BCUT2D eigenvalue weighted by atomic mass is 9.99. The van der Waals surface area contributed by atoms with Crippen LogP contribution in [0.25, 0.3) is 5.65 Å². The van der Waals surface area contributed by atoms with Crippen molar-refractivity contribution >= 4 is 17.8 Å². The Labute approximate surface area is 132 Å². The molecule has 1 amide bonds. The minimum absolute atomic E-state index is 0.0918. The van der Waals surface area contributed by atoms with Gasteiger partial charge in [0.2, 0.25) is 5.91 Å². The summed E-state index contributed by atoms with van der Waals surface area (Å²) in [4.78, 5) is 17.9. The van der Waals surface area contributed by atoms with E-state index >= 15 is 0 Å². The van der Waals surface area contributed by atoms with Crippen LogP contribution in [-0.4, -0.2) is 39.5 Å². The molecule has 0 spiro atoms. The van der Waals surface area contributed by atoms with Gasteiger partial charge in [-0.25, -0.2) is 9.37 Å². The van der Waals surface area contributed by atoms with Gasteiger partial charge < -0.3 is 25.8 Å². The smallest absolute Gasteiger partial charge is 0.227 e. The van der Waals surface area contributed by atoms with Gasteiger partial charge in [-0.2, -0.15) is 0 Å². The van der Waals surface area contributed by atoms with Crippen LogP contribution in [0, 0.1) is 11.3 Å². The van der Waals surface area contributed by atoms with Gasteiger partial charge in [0.25, 0.3) is 0 Å². The fraction of sp³-hybridized carbons (Fsp3) is 0.267. The molecule has 3 heterocycles. The maximum Gasteiger partial charge on any atom is 0.227 e. The van der Waals surface area contributed by atoms with Crippen LogP contribution in [0.5, 0.6) is 0 Å². The minimum Gasteiger partial charge on any atom is -0.383 e. The fourth-order valence-electron chi connectivity index (χ4n) is 2.50. The third-order valence-electron chi connectivity index (χ3n) is 3.90. The van der Waals surface area contributed by atoms with Crippen molar-refractivity contribution in [2.45, 2.75) is 6.54 Å². The molecule has 7 nitrogen and oxygen atoms in total. The average Bonchev–Trinajstić information content (AvgIpc) is 2.93. The first-order chi connectivity index (χ1) is 11.1. The summed E-state index contributed by atoms with van der Waals surface area (Å²) < 4.78 is 15.1. The summed E-state index contributed by atoms with van der Waals surface area (Å²) in [7, 11) is 0. The fourth-order valence-corrected chi connectivity index (χ4v) is 2.50. The van der Waals surface area contributed by atoms with E-state index < -0.39 is 5.83 Å². The van der Waals surface area contributed by atoms with Gasteiger partial charge >= 0.3 is 0 Å². The Bertz CT molecular complexity index is 777. The number of likely N-dealkylation sites (tertiary alicyclic amines) is 1. The molecule has 3 rings (SSSR count). The van der Waals surface area contributed by atoms with E-state index in [9.17, 15) is 9.18 Å². The van der Waals surface area contributed by atoms with Gasteiger partial charge in [0.1, 0.15) is 11.5 Å². The molecule has 0 bridgehead atoms. The van der Waals surface area contributed by atoms with Gasteiger partial charge in [0.05, 0.1) is 30.6 Å². The van der Waals surface area contributed by atoms with Gasteiger partial charge in [0.15, 0.2) is 5.83 Å². The van der Waals surface area contributed by atoms with Crippen molar-refractivity contribution < 1.29 is 9.18 Å². The molecule has 2 aromatic heterocycles. The van der Waals surface area contributed by atoms with Crippen LogP contribution in [0.15, 0.2) is 42.2 Å². The predicted octanol–water partition coefficient (Wildman–Crippen LogP) is 0.629. The highest BCUT2D eigenvalue weighted by molar-refractivity contribution is 5.80. The number of allylic oxidation sites excluding steroid dienone is 1. The van der Waals surface area contributed by atoms with Gasteiger partial charge in [-0.15, -0.1) is 0 Å². The molecule has 120 valence electrons. The molecule has 1 aliphatic heterocycles. The van der Waals surface area contributed by atoms with Crippen molar-refractivity contribution in [3.05, 3.63) is 47.9 Å². The molecule has 1 saturated heterocycles. The summed E-state index contributed by atoms with van der Waals surface area (Å²) >= 11 is 0. The maximum absolute atomic E-state index is 13.2. The summed E-state index contributed by atoms with van der Waals surface area (Å²) in [5, 5.41) is 9.69. The van der Waals surface area contributed by atoms with Crippen LogP contribution in [0.2, 0.25) is 0 Å². The Kier molecular flexibility index (Phi) is 3.96. The summed E-state index contributed by atoms with van der Waals surface area (Å²) in [5.41, 5.74) is 7.26. The number of nitrogens with two attached hydrogens (primary N) is 1. The molecular formula is C15H17FN6O. The number of fused-ring (bicyclic) bond motifs is 1. The number of carbonyl (C=O) groups excluding carboxylic acids is 1. The molecule has 1 fully saturated rings. The van der Waals surface area contributed by atoms with E-state index in [1.165, 1.54) is 0 Å². The number of hydrogen-bond donors (Lipinski definition) is 3. The Morgan fingerprint density at radius 2 is 2.30 bits per heavy atom. The van der Waals surface area contributed by atoms with E-state index in [1.54, 1.807) is 11.1 Å². The number of nitrogens with zero attached hydrogens (tertiary/aromatic N) is 3. The largest absolute Gasteiger partial charge is 0.383 e. The summed E-state index contributed by atoms with van der Waals surface area (Å²) in [6.45, 7) is 1.08. The lowest BCUT2D eigenvalue weighted by Crippen LogP contribution is -2.54. The number of rotatable bonds is 5. The zero-order chi connectivity index (χ0) is 16.4. The Balaban J connectivity index is 1.54. The zero-order valence-electron chi connectivity index (χ0n) is 12.4. The van der Waals surface area contributed by atoms with E-state index in [0.29, 0.717) is 25.8 Å². The second-order valence-electron chi connectivity index (χ2n) is 5.38. The van der Waals surface area contributed by atoms with Crippen molar-refractivity contribution in [3.63, 3.8) is 0 Å². The first kappa shape index (κ1) is 15.0. The second-order valence-corrected chi connectivity index (χ2v) is 5.38. The third-order valence-corrected chi connectivity index (χ3v) is 3.90. The van der Waals surface area contributed by atoms with Crippen molar-refractivity contribution in [2.75, 3.05) is 13.1 Å². The third kappa shape index (κ3) is 2.87. The number of aromatic nitrogens is 2. The molecular weight excluding hydrogens is 299 g/mol. The Morgan fingerprint density at radius 1 is 1.52 bits per heavy atom. The molecule has 0 radical (unpaired) electrons. The van der Waals surface area contributed by atoms with Crippen molar-refractivity contribution in [3.8, 4) is 0 Å². The van der Waals surface area contributed by atoms with Crippen LogP contribution >= 0.6 is 0 Å². The number of amides is 1. The lowest BCUT2D eigenvalue weighted by Gasteiger charge is -2.39. The SMILES string of the molecule is N=C/C(F)=C(\N)N1CC(C(=O)NCc2cnc3ccccn23)C1. The van der Waals surface area contributed by atoms with E-state index in [2.05, 4.69) is 10.3 Å². The monoisotopic (exact) mass is 316 g/mol. The molecule has 0 saturated carbocycles. The lowest BCUT2D eigenvalue weighted by molar-refractivity contribution is -0.129. The normalized spacial score (nSPS) is 16.0. The zero-order valence-corrected chi connectivity index (χ0v) is 12.4. The molecule has 8 heteroatoms. The first-order valence-electron chi connectivity index (χ1n) is 7.19. The van der Waals surface area contributed by atoms with E-state index in [0.717, 1.165) is 11.3 Å². The summed E-state index contributed by atoms with van der Waals surface area (Å²) in [6.07, 6.45) is 4.18. The Hall–Kier alpha value is -2.90. The number of imidazole rings is 1. The van der Waals surface area contributed by atoms with E-state index in [1.807, 2.05) is 28.8 Å². The molecule has 23 heavy (non-hydrogen) atoms.